The van der Waals surface area contributed by atoms with Crippen LogP contribution in [0.25, 0.3) is 0 Å². The zero-order valence-corrected chi connectivity index (χ0v) is 14.2. The van der Waals surface area contributed by atoms with Gasteiger partial charge in [-0.25, -0.2) is 4.79 Å². The molecular formula is C16H31N3O3. The summed E-state index contributed by atoms with van der Waals surface area (Å²) in [6, 6.07) is 0. The van der Waals surface area contributed by atoms with Crippen molar-refractivity contribution in [2.24, 2.45) is 0 Å². The lowest BCUT2D eigenvalue weighted by molar-refractivity contribution is 0.0131. The van der Waals surface area contributed by atoms with Crippen LogP contribution >= 0.6 is 0 Å². The number of aliphatic hydroxyl groups is 1. The Labute approximate surface area is 133 Å². The van der Waals surface area contributed by atoms with Crippen molar-refractivity contribution in [2.75, 3.05) is 45.8 Å². The number of carbonyl (C=O) groups is 1. The third-order valence-corrected chi connectivity index (χ3v) is 4.36. The predicted octanol–water partition coefficient (Wildman–Crippen LogP) is 1.04. The molecule has 0 aromatic rings. The van der Waals surface area contributed by atoms with Crippen molar-refractivity contribution in [2.45, 2.75) is 51.2 Å². The van der Waals surface area contributed by atoms with Crippen LogP contribution in [0.3, 0.4) is 0 Å². The van der Waals surface area contributed by atoms with Crippen molar-refractivity contribution in [3.63, 3.8) is 0 Å². The Morgan fingerprint density at radius 3 is 2.50 bits per heavy atom. The van der Waals surface area contributed by atoms with Gasteiger partial charge in [-0.05, 0) is 53.1 Å². The standard InChI is InChI=1S/C16H31N3O3/c1-15(2,3)22-14(20)19-11-9-18(10-12-19)8-4-5-16(21)6-7-17-13-16/h17,21H,4-13H2,1-3H3. The normalized spacial score (nSPS) is 27.2. The summed E-state index contributed by atoms with van der Waals surface area (Å²) in [6.07, 6.45) is 2.51. The fraction of sp³-hybridized carbons (Fsp3) is 0.938. The van der Waals surface area contributed by atoms with Crippen molar-refractivity contribution in [3.05, 3.63) is 0 Å². The molecule has 1 amide bonds. The molecular weight excluding hydrogens is 282 g/mol. The van der Waals surface area contributed by atoms with Crippen LogP contribution in [0.1, 0.15) is 40.0 Å². The highest BCUT2D eigenvalue weighted by Gasteiger charge is 2.31. The Kier molecular flexibility index (Phi) is 5.69. The number of amides is 1. The van der Waals surface area contributed by atoms with Gasteiger partial charge in [0.15, 0.2) is 0 Å². The first kappa shape index (κ1) is 17.5. The lowest BCUT2D eigenvalue weighted by atomic mass is 9.97. The monoisotopic (exact) mass is 313 g/mol. The van der Waals surface area contributed by atoms with Gasteiger partial charge in [0.25, 0.3) is 0 Å². The minimum Gasteiger partial charge on any atom is -0.444 e. The molecule has 2 N–H and O–H groups in total. The number of carbonyl (C=O) groups excluding carboxylic acids is 1. The number of piperazine rings is 1. The van der Waals surface area contributed by atoms with E-state index in [1.54, 1.807) is 4.90 Å². The average molecular weight is 313 g/mol. The van der Waals surface area contributed by atoms with Crippen molar-refractivity contribution in [1.82, 2.24) is 15.1 Å². The summed E-state index contributed by atoms with van der Waals surface area (Å²) in [5, 5.41) is 13.5. The molecule has 6 nitrogen and oxygen atoms in total. The molecule has 2 saturated heterocycles. The van der Waals surface area contributed by atoms with E-state index < -0.39 is 11.2 Å². The van der Waals surface area contributed by atoms with Crippen molar-refractivity contribution in [3.8, 4) is 0 Å². The molecule has 0 bridgehead atoms. The van der Waals surface area contributed by atoms with Gasteiger partial charge in [0.1, 0.15) is 5.60 Å². The van der Waals surface area contributed by atoms with Crippen LogP contribution in [0.5, 0.6) is 0 Å². The zero-order valence-electron chi connectivity index (χ0n) is 14.2. The summed E-state index contributed by atoms with van der Waals surface area (Å²) in [6.45, 7) is 11.5. The van der Waals surface area contributed by atoms with Gasteiger partial charge < -0.3 is 20.1 Å². The van der Waals surface area contributed by atoms with Crippen molar-refractivity contribution in [1.29, 1.82) is 0 Å². The maximum absolute atomic E-state index is 12.0. The highest BCUT2D eigenvalue weighted by molar-refractivity contribution is 5.68. The lowest BCUT2D eigenvalue weighted by Crippen LogP contribution is -2.50. The summed E-state index contributed by atoms with van der Waals surface area (Å²) in [5.41, 5.74) is -0.933. The molecule has 0 aliphatic carbocycles. The van der Waals surface area contributed by atoms with E-state index in [0.717, 1.165) is 65.1 Å². The summed E-state index contributed by atoms with van der Waals surface area (Å²) in [7, 11) is 0. The summed E-state index contributed by atoms with van der Waals surface area (Å²) < 4.78 is 5.40. The van der Waals surface area contributed by atoms with E-state index in [-0.39, 0.29) is 6.09 Å². The maximum Gasteiger partial charge on any atom is 0.410 e. The largest absolute Gasteiger partial charge is 0.444 e. The number of hydrogen-bond donors (Lipinski definition) is 2. The maximum atomic E-state index is 12.0. The molecule has 22 heavy (non-hydrogen) atoms. The second-order valence-electron chi connectivity index (χ2n) is 7.56. The number of β-amino-alcohol motifs (C(OH)–C–C–N with tert-alkyl or cyclic N) is 1. The number of hydrogen-bond acceptors (Lipinski definition) is 5. The van der Waals surface area contributed by atoms with E-state index in [9.17, 15) is 9.90 Å². The Bertz CT molecular complexity index is 367. The minimum atomic E-state index is -0.502. The Morgan fingerprint density at radius 1 is 1.27 bits per heavy atom. The zero-order chi connectivity index (χ0) is 16.2. The van der Waals surface area contributed by atoms with E-state index in [2.05, 4.69) is 10.2 Å². The molecule has 0 aromatic carbocycles. The molecule has 6 heteroatoms. The summed E-state index contributed by atoms with van der Waals surface area (Å²) in [5.74, 6) is 0. The van der Waals surface area contributed by atoms with Gasteiger partial charge in [0.2, 0.25) is 0 Å². The number of rotatable bonds is 4. The first-order chi connectivity index (χ1) is 10.3. The summed E-state index contributed by atoms with van der Waals surface area (Å²) >= 11 is 0. The van der Waals surface area contributed by atoms with Gasteiger partial charge in [0, 0.05) is 32.7 Å². The van der Waals surface area contributed by atoms with Crippen LogP contribution in [0.4, 0.5) is 4.79 Å². The van der Waals surface area contributed by atoms with Crippen molar-refractivity contribution >= 4 is 6.09 Å². The third kappa shape index (κ3) is 5.41. The lowest BCUT2D eigenvalue weighted by Gasteiger charge is -2.36. The molecule has 2 rings (SSSR count). The molecule has 0 aromatic heterocycles. The van der Waals surface area contributed by atoms with Crippen LogP contribution in [0, 0.1) is 0 Å². The highest BCUT2D eigenvalue weighted by Crippen LogP contribution is 2.21. The molecule has 1 atom stereocenters. The van der Waals surface area contributed by atoms with E-state index in [0.29, 0.717) is 0 Å². The first-order valence-electron chi connectivity index (χ1n) is 8.41. The summed E-state index contributed by atoms with van der Waals surface area (Å²) in [4.78, 5) is 16.2. The smallest absolute Gasteiger partial charge is 0.410 e. The molecule has 2 aliphatic rings. The molecule has 0 radical (unpaired) electrons. The number of nitrogens with zero attached hydrogens (tertiary/aromatic N) is 2. The van der Waals surface area contributed by atoms with Gasteiger partial charge in [-0.15, -0.1) is 0 Å². The van der Waals surface area contributed by atoms with E-state index in [4.69, 9.17) is 4.74 Å². The fourth-order valence-corrected chi connectivity index (χ4v) is 3.06. The van der Waals surface area contributed by atoms with Gasteiger partial charge in [-0.2, -0.15) is 0 Å². The first-order valence-corrected chi connectivity index (χ1v) is 8.41. The average Bonchev–Trinajstić information content (AvgIpc) is 2.84. The molecule has 2 fully saturated rings. The molecule has 1 unspecified atom stereocenters. The molecule has 2 aliphatic heterocycles. The molecule has 128 valence electrons. The van der Waals surface area contributed by atoms with Crippen LogP contribution in [-0.2, 0) is 4.74 Å². The second-order valence-corrected chi connectivity index (χ2v) is 7.56. The van der Waals surface area contributed by atoms with Gasteiger partial charge >= 0.3 is 6.09 Å². The topological polar surface area (TPSA) is 65.0 Å². The Balaban J connectivity index is 1.63. The Hall–Kier alpha value is -0.850. The van der Waals surface area contributed by atoms with Gasteiger partial charge in [0.05, 0.1) is 5.60 Å². The highest BCUT2D eigenvalue weighted by atomic mass is 16.6. The molecule has 2 heterocycles. The van der Waals surface area contributed by atoms with Crippen LogP contribution < -0.4 is 5.32 Å². The number of ether oxygens (including phenoxy) is 1. The predicted molar refractivity (Wildman–Crippen MR) is 85.9 cm³/mol. The van der Waals surface area contributed by atoms with Crippen LogP contribution in [0.2, 0.25) is 0 Å². The fourth-order valence-electron chi connectivity index (χ4n) is 3.06. The van der Waals surface area contributed by atoms with Crippen LogP contribution in [0.15, 0.2) is 0 Å². The molecule has 0 spiro atoms. The molecule has 0 saturated carbocycles. The SMILES string of the molecule is CC(C)(C)OC(=O)N1CCN(CCCC2(O)CCNC2)CC1. The van der Waals surface area contributed by atoms with E-state index in [1.165, 1.54) is 0 Å². The quantitative estimate of drug-likeness (QED) is 0.812. The van der Waals surface area contributed by atoms with Crippen molar-refractivity contribution < 1.29 is 14.6 Å². The van der Waals surface area contributed by atoms with E-state index >= 15 is 0 Å². The minimum absolute atomic E-state index is 0.210. The van der Waals surface area contributed by atoms with Crippen LogP contribution in [-0.4, -0.2) is 78.0 Å². The van der Waals surface area contributed by atoms with Gasteiger partial charge in [-0.1, -0.05) is 0 Å². The Morgan fingerprint density at radius 2 is 1.95 bits per heavy atom. The number of nitrogens with one attached hydrogen (secondary N) is 1. The van der Waals surface area contributed by atoms with E-state index in [1.807, 2.05) is 20.8 Å². The van der Waals surface area contributed by atoms with Gasteiger partial charge in [-0.3, -0.25) is 4.90 Å². The third-order valence-electron chi connectivity index (χ3n) is 4.36. The second kappa shape index (κ2) is 7.15.